The molecule has 3 aliphatic heterocycles. The number of aliphatic hydroxyl groups is 1. The largest absolute Gasteiger partial charge is 0.443 e. The zero-order valence-corrected chi connectivity index (χ0v) is 24.1. The predicted octanol–water partition coefficient (Wildman–Crippen LogP) is 2.14. The van der Waals surface area contributed by atoms with Gasteiger partial charge >= 0.3 is 6.09 Å². The average molecular weight is 590 g/mol. The Morgan fingerprint density at radius 3 is 2.56 bits per heavy atom. The number of nitrogens with two attached hydrogens (primary N) is 1. The minimum atomic E-state index is -3.95. The van der Waals surface area contributed by atoms with Crippen LogP contribution in [-0.2, 0) is 35.4 Å². The number of fused-ring (bicyclic) bond motifs is 3. The molecule has 0 aliphatic carbocycles. The molecule has 3 saturated heterocycles. The van der Waals surface area contributed by atoms with Crippen LogP contribution in [0.1, 0.15) is 25.8 Å². The fourth-order valence-corrected chi connectivity index (χ4v) is 7.36. The minimum absolute atomic E-state index is 0.0122. The Morgan fingerprint density at radius 2 is 1.85 bits per heavy atom. The molecule has 0 unspecified atom stereocenters. The SMILES string of the molecule is CC(C)CN(C[C@@H](O)[C@H](Cc1ccccc1)NC(=O)O[C@H]1CO[C@H]2O[C@@H]3CCO[C@@H]3[C@H]21)S(=O)(=O)c1ccc(N)cc1. The summed E-state index contributed by atoms with van der Waals surface area (Å²) in [5.74, 6) is -0.237. The molecule has 224 valence electrons. The summed E-state index contributed by atoms with van der Waals surface area (Å²) in [4.78, 5) is 13.3. The zero-order valence-electron chi connectivity index (χ0n) is 23.3. The molecule has 0 saturated carbocycles. The highest BCUT2D eigenvalue weighted by atomic mass is 32.2. The number of anilines is 1. The predicted molar refractivity (Wildman–Crippen MR) is 150 cm³/mol. The van der Waals surface area contributed by atoms with Crippen LogP contribution in [0.25, 0.3) is 0 Å². The van der Waals surface area contributed by atoms with Gasteiger partial charge in [-0.05, 0) is 48.6 Å². The Bertz CT molecular complexity index is 1280. The Hall–Kier alpha value is -2.74. The van der Waals surface area contributed by atoms with E-state index in [1.807, 2.05) is 44.2 Å². The van der Waals surface area contributed by atoms with Crippen molar-refractivity contribution in [1.82, 2.24) is 9.62 Å². The van der Waals surface area contributed by atoms with Gasteiger partial charge in [0.05, 0.1) is 41.8 Å². The van der Waals surface area contributed by atoms with Crippen LogP contribution in [-0.4, -0.2) is 87.0 Å². The number of benzene rings is 2. The van der Waals surface area contributed by atoms with Gasteiger partial charge in [0.2, 0.25) is 10.0 Å². The first-order chi connectivity index (χ1) is 19.6. The second kappa shape index (κ2) is 12.6. The van der Waals surface area contributed by atoms with Crippen LogP contribution in [0.15, 0.2) is 59.5 Å². The third-order valence-electron chi connectivity index (χ3n) is 7.74. The molecule has 3 aliphatic rings. The molecule has 5 rings (SSSR count). The Balaban J connectivity index is 1.31. The lowest BCUT2D eigenvalue weighted by atomic mass is 9.97. The Kier molecular flexibility index (Phi) is 9.17. The first kappa shape index (κ1) is 29.7. The zero-order chi connectivity index (χ0) is 29.1. The lowest BCUT2D eigenvalue weighted by Gasteiger charge is -2.31. The first-order valence-corrected chi connectivity index (χ1v) is 15.5. The highest BCUT2D eigenvalue weighted by Crippen LogP contribution is 2.42. The molecule has 1 amide bonds. The summed E-state index contributed by atoms with van der Waals surface area (Å²) in [5.41, 5.74) is 7.07. The van der Waals surface area contributed by atoms with E-state index in [1.54, 1.807) is 0 Å². The number of ether oxygens (including phenoxy) is 4. The molecule has 4 N–H and O–H groups in total. The van der Waals surface area contributed by atoms with Crippen molar-refractivity contribution in [3.05, 3.63) is 60.2 Å². The summed E-state index contributed by atoms with van der Waals surface area (Å²) in [6.07, 6.45) is -2.22. The number of carbonyl (C=O) groups is 1. The van der Waals surface area contributed by atoms with Gasteiger partial charge < -0.3 is 35.1 Å². The second-order valence-electron chi connectivity index (χ2n) is 11.3. The van der Waals surface area contributed by atoms with E-state index in [1.165, 1.54) is 28.6 Å². The van der Waals surface area contributed by atoms with Crippen LogP contribution in [0.5, 0.6) is 0 Å². The maximum absolute atomic E-state index is 13.6. The van der Waals surface area contributed by atoms with Crippen molar-refractivity contribution in [2.75, 3.05) is 32.0 Å². The van der Waals surface area contributed by atoms with Gasteiger partial charge in [0.1, 0.15) is 6.10 Å². The van der Waals surface area contributed by atoms with Gasteiger partial charge in [-0.2, -0.15) is 4.31 Å². The summed E-state index contributed by atoms with van der Waals surface area (Å²) in [6, 6.07) is 14.5. The van der Waals surface area contributed by atoms with Gasteiger partial charge in [-0.25, -0.2) is 13.2 Å². The van der Waals surface area contributed by atoms with Crippen LogP contribution >= 0.6 is 0 Å². The molecule has 3 fully saturated rings. The fourth-order valence-electron chi connectivity index (χ4n) is 5.74. The van der Waals surface area contributed by atoms with Crippen molar-refractivity contribution in [2.24, 2.45) is 11.8 Å². The number of rotatable bonds is 11. The highest BCUT2D eigenvalue weighted by Gasteiger charge is 2.56. The number of alkyl carbamates (subject to hydrolysis) is 1. The van der Waals surface area contributed by atoms with E-state index in [4.69, 9.17) is 24.7 Å². The number of sulfonamides is 1. The van der Waals surface area contributed by atoms with Crippen LogP contribution < -0.4 is 11.1 Å². The normalized spacial score (nSPS) is 27.0. The van der Waals surface area contributed by atoms with Crippen molar-refractivity contribution >= 4 is 21.8 Å². The number of nitrogens with one attached hydrogen (secondary N) is 1. The van der Waals surface area contributed by atoms with Crippen LogP contribution in [0.2, 0.25) is 0 Å². The minimum Gasteiger partial charge on any atom is -0.443 e. The second-order valence-corrected chi connectivity index (χ2v) is 13.3. The molecule has 11 nitrogen and oxygen atoms in total. The van der Waals surface area contributed by atoms with Crippen LogP contribution in [0, 0.1) is 11.8 Å². The van der Waals surface area contributed by atoms with Gasteiger partial charge in [-0.3, -0.25) is 0 Å². The molecule has 0 radical (unpaired) electrons. The van der Waals surface area contributed by atoms with E-state index in [0.717, 1.165) is 12.0 Å². The number of amides is 1. The molecule has 12 heteroatoms. The summed E-state index contributed by atoms with van der Waals surface area (Å²) in [6.45, 7) is 4.52. The molecular weight excluding hydrogens is 550 g/mol. The van der Waals surface area contributed by atoms with Crippen LogP contribution in [0.4, 0.5) is 10.5 Å². The molecule has 2 aromatic rings. The third kappa shape index (κ3) is 6.85. The van der Waals surface area contributed by atoms with Gasteiger partial charge in [-0.1, -0.05) is 44.2 Å². The van der Waals surface area contributed by atoms with Gasteiger partial charge in [0.25, 0.3) is 0 Å². The van der Waals surface area contributed by atoms with Crippen molar-refractivity contribution < 1.29 is 37.3 Å². The molecular formula is C29H39N3O8S. The Labute approximate surface area is 240 Å². The number of hydrogen-bond acceptors (Lipinski definition) is 9. The fraction of sp³-hybridized carbons (Fsp3) is 0.552. The first-order valence-electron chi connectivity index (χ1n) is 14.1. The highest BCUT2D eigenvalue weighted by molar-refractivity contribution is 7.89. The van der Waals surface area contributed by atoms with E-state index in [9.17, 15) is 18.3 Å². The molecule has 0 spiro atoms. The molecule has 0 bridgehead atoms. The lowest BCUT2D eigenvalue weighted by Crippen LogP contribution is -2.52. The lowest BCUT2D eigenvalue weighted by molar-refractivity contribution is -0.116. The number of nitrogens with zero attached hydrogens (tertiary/aromatic N) is 1. The maximum atomic E-state index is 13.6. The van der Waals surface area contributed by atoms with Crippen molar-refractivity contribution in [2.45, 2.75) is 68.3 Å². The quantitative estimate of drug-likeness (QED) is 0.335. The number of aliphatic hydroxyl groups excluding tert-OH is 1. The molecule has 0 aromatic heterocycles. The van der Waals surface area contributed by atoms with Crippen molar-refractivity contribution in [1.29, 1.82) is 0 Å². The van der Waals surface area contributed by atoms with Crippen molar-refractivity contribution in [3.63, 3.8) is 0 Å². The molecule has 41 heavy (non-hydrogen) atoms. The van der Waals surface area contributed by atoms with E-state index in [2.05, 4.69) is 5.32 Å². The number of hydrogen-bond donors (Lipinski definition) is 3. The topological polar surface area (TPSA) is 150 Å². The van der Waals surface area contributed by atoms with Crippen LogP contribution in [0.3, 0.4) is 0 Å². The monoisotopic (exact) mass is 589 g/mol. The number of nitrogen functional groups attached to an aromatic ring is 1. The standard InChI is InChI=1S/C29H39N3O8S/c1-18(2)15-32(41(35,36)21-10-8-20(30)9-11-21)16-23(33)22(14-19-6-4-3-5-7-19)31-29(34)40-25-17-38-28-26(25)27-24(39-28)12-13-37-27/h3-11,18,22-28,33H,12-17,30H2,1-2H3,(H,31,34)/t22-,23+,24+,25-,26+,27-,28-/m0/s1. The number of carbonyl (C=O) groups excluding carboxylic acids is 1. The maximum Gasteiger partial charge on any atom is 0.407 e. The summed E-state index contributed by atoms with van der Waals surface area (Å²) in [7, 11) is -3.95. The van der Waals surface area contributed by atoms with E-state index >= 15 is 0 Å². The summed E-state index contributed by atoms with van der Waals surface area (Å²) in [5, 5.41) is 14.2. The molecule has 7 atom stereocenters. The van der Waals surface area contributed by atoms with Gasteiger partial charge in [0, 0.05) is 25.4 Å². The van der Waals surface area contributed by atoms with Gasteiger partial charge in [-0.15, -0.1) is 0 Å². The molecule has 2 aromatic carbocycles. The van der Waals surface area contributed by atoms with E-state index in [0.29, 0.717) is 12.3 Å². The van der Waals surface area contributed by atoms with Gasteiger partial charge in [0.15, 0.2) is 6.29 Å². The third-order valence-corrected chi connectivity index (χ3v) is 9.58. The molecule has 3 heterocycles. The summed E-state index contributed by atoms with van der Waals surface area (Å²) < 4.78 is 51.6. The smallest absolute Gasteiger partial charge is 0.407 e. The Morgan fingerprint density at radius 1 is 1.12 bits per heavy atom. The van der Waals surface area contributed by atoms with E-state index < -0.39 is 40.7 Å². The average Bonchev–Trinajstić information content (AvgIpc) is 3.62. The van der Waals surface area contributed by atoms with E-state index in [-0.39, 0.29) is 55.1 Å². The summed E-state index contributed by atoms with van der Waals surface area (Å²) >= 11 is 0. The van der Waals surface area contributed by atoms with Crippen molar-refractivity contribution in [3.8, 4) is 0 Å².